The van der Waals surface area contributed by atoms with Crippen LogP contribution in [0.25, 0.3) is 10.9 Å². The number of hydrogen-bond acceptors (Lipinski definition) is 2. The number of aryl methyl sites for hydroxylation is 2. The fourth-order valence-electron chi connectivity index (χ4n) is 2.26. The highest BCUT2D eigenvalue weighted by Crippen LogP contribution is 2.25. The molecule has 3 nitrogen and oxygen atoms in total. The van der Waals surface area contributed by atoms with Gasteiger partial charge in [0.1, 0.15) is 5.82 Å². The largest absolute Gasteiger partial charge is 0.399 e. The lowest BCUT2D eigenvalue weighted by molar-refractivity contribution is 0.613. The Morgan fingerprint density at radius 3 is 2.85 bits per heavy atom. The minimum atomic E-state index is -0.223. The van der Waals surface area contributed by atoms with Gasteiger partial charge in [0, 0.05) is 17.6 Å². The minimum absolute atomic E-state index is 0.223. The second kappa shape index (κ2) is 5.13. The van der Waals surface area contributed by atoms with Crippen LogP contribution in [0.4, 0.5) is 10.1 Å². The molecule has 0 spiro atoms. The van der Waals surface area contributed by atoms with Crippen molar-refractivity contribution in [2.75, 3.05) is 5.73 Å². The SMILES string of the molecule is Nc1ccc2c(c1)c(Cl)nn2CCc1cccc(F)c1. The van der Waals surface area contributed by atoms with Crippen LogP contribution in [0.5, 0.6) is 0 Å². The van der Waals surface area contributed by atoms with Crippen molar-refractivity contribution in [2.24, 2.45) is 0 Å². The molecule has 3 aromatic rings. The Kier molecular flexibility index (Phi) is 3.32. The van der Waals surface area contributed by atoms with E-state index in [1.165, 1.54) is 12.1 Å². The van der Waals surface area contributed by atoms with Crippen molar-refractivity contribution in [3.05, 3.63) is 59.0 Å². The zero-order valence-corrected chi connectivity index (χ0v) is 11.4. The van der Waals surface area contributed by atoms with Gasteiger partial charge in [-0.2, -0.15) is 5.10 Å². The smallest absolute Gasteiger partial charge is 0.158 e. The van der Waals surface area contributed by atoms with Gasteiger partial charge in [0.05, 0.1) is 5.52 Å². The molecule has 1 heterocycles. The summed E-state index contributed by atoms with van der Waals surface area (Å²) in [5.41, 5.74) is 8.26. The number of aromatic nitrogens is 2. The molecule has 1 aromatic heterocycles. The number of nitrogens with zero attached hydrogens (tertiary/aromatic N) is 2. The Morgan fingerprint density at radius 2 is 2.05 bits per heavy atom. The molecule has 2 N–H and O–H groups in total. The average Bonchev–Trinajstić information content (AvgIpc) is 2.73. The van der Waals surface area contributed by atoms with Crippen molar-refractivity contribution in [1.29, 1.82) is 0 Å². The van der Waals surface area contributed by atoms with Gasteiger partial charge in [0.2, 0.25) is 0 Å². The maximum Gasteiger partial charge on any atom is 0.158 e. The van der Waals surface area contributed by atoms with Crippen LogP contribution in [-0.2, 0) is 13.0 Å². The maximum absolute atomic E-state index is 13.1. The van der Waals surface area contributed by atoms with E-state index in [4.69, 9.17) is 17.3 Å². The van der Waals surface area contributed by atoms with Crippen molar-refractivity contribution >= 4 is 28.2 Å². The summed E-state index contributed by atoms with van der Waals surface area (Å²) in [6.45, 7) is 0.636. The zero-order chi connectivity index (χ0) is 14.1. The van der Waals surface area contributed by atoms with E-state index in [-0.39, 0.29) is 5.82 Å². The first-order valence-electron chi connectivity index (χ1n) is 6.29. The van der Waals surface area contributed by atoms with Crippen LogP contribution < -0.4 is 5.73 Å². The van der Waals surface area contributed by atoms with Gasteiger partial charge in [-0.25, -0.2) is 4.39 Å². The van der Waals surface area contributed by atoms with E-state index in [1.807, 2.05) is 28.9 Å². The molecule has 0 bridgehead atoms. The third kappa shape index (κ3) is 2.47. The number of halogens is 2. The number of hydrogen-bond donors (Lipinski definition) is 1. The fraction of sp³-hybridized carbons (Fsp3) is 0.133. The van der Waals surface area contributed by atoms with E-state index in [0.717, 1.165) is 16.5 Å². The summed E-state index contributed by atoms with van der Waals surface area (Å²) in [5, 5.41) is 5.58. The van der Waals surface area contributed by atoms with Crippen LogP contribution in [-0.4, -0.2) is 9.78 Å². The Labute approximate surface area is 120 Å². The lowest BCUT2D eigenvalue weighted by Crippen LogP contribution is -2.03. The molecule has 0 aliphatic carbocycles. The van der Waals surface area contributed by atoms with E-state index in [2.05, 4.69) is 5.10 Å². The number of nitrogens with two attached hydrogens (primary N) is 1. The van der Waals surface area contributed by atoms with Gasteiger partial charge in [0.15, 0.2) is 5.15 Å². The van der Waals surface area contributed by atoms with E-state index in [9.17, 15) is 4.39 Å². The first-order chi connectivity index (χ1) is 9.63. The topological polar surface area (TPSA) is 43.8 Å². The van der Waals surface area contributed by atoms with Gasteiger partial charge >= 0.3 is 0 Å². The van der Waals surface area contributed by atoms with Crippen LogP contribution in [0.1, 0.15) is 5.56 Å². The van der Waals surface area contributed by atoms with Crippen molar-refractivity contribution in [3.63, 3.8) is 0 Å². The van der Waals surface area contributed by atoms with Crippen LogP contribution in [0, 0.1) is 5.82 Å². The molecule has 0 radical (unpaired) electrons. The number of rotatable bonds is 3. The molecule has 102 valence electrons. The van der Waals surface area contributed by atoms with Gasteiger partial charge in [-0.1, -0.05) is 23.7 Å². The van der Waals surface area contributed by atoms with Crippen LogP contribution in [0.3, 0.4) is 0 Å². The molecular formula is C15H13ClFN3. The van der Waals surface area contributed by atoms with Gasteiger partial charge in [-0.15, -0.1) is 0 Å². The molecule has 0 amide bonds. The Morgan fingerprint density at radius 1 is 1.20 bits per heavy atom. The summed E-state index contributed by atoms with van der Waals surface area (Å²) >= 11 is 6.11. The van der Waals surface area contributed by atoms with Crippen molar-refractivity contribution in [3.8, 4) is 0 Å². The predicted molar refractivity (Wildman–Crippen MR) is 79.3 cm³/mol. The second-order valence-electron chi connectivity index (χ2n) is 4.67. The third-order valence-electron chi connectivity index (χ3n) is 3.23. The Balaban J connectivity index is 1.88. The first-order valence-corrected chi connectivity index (χ1v) is 6.67. The quantitative estimate of drug-likeness (QED) is 0.748. The molecule has 0 unspecified atom stereocenters. The van der Waals surface area contributed by atoms with Crippen molar-refractivity contribution < 1.29 is 4.39 Å². The minimum Gasteiger partial charge on any atom is -0.399 e. The molecule has 2 aromatic carbocycles. The molecule has 0 saturated heterocycles. The monoisotopic (exact) mass is 289 g/mol. The predicted octanol–water partition coefficient (Wildman–Crippen LogP) is 3.65. The molecule has 0 atom stereocenters. The molecule has 20 heavy (non-hydrogen) atoms. The maximum atomic E-state index is 13.1. The van der Waals surface area contributed by atoms with E-state index >= 15 is 0 Å². The molecule has 0 aliphatic rings. The number of anilines is 1. The Hall–Kier alpha value is -2.07. The molecular weight excluding hydrogens is 277 g/mol. The van der Waals surface area contributed by atoms with E-state index in [1.54, 1.807) is 6.07 Å². The lowest BCUT2D eigenvalue weighted by atomic mass is 10.1. The fourth-order valence-corrected chi connectivity index (χ4v) is 2.50. The van der Waals surface area contributed by atoms with Gasteiger partial charge in [0.25, 0.3) is 0 Å². The van der Waals surface area contributed by atoms with E-state index in [0.29, 0.717) is 23.8 Å². The molecule has 0 saturated carbocycles. The number of nitrogen functional groups attached to an aromatic ring is 1. The van der Waals surface area contributed by atoms with Crippen molar-refractivity contribution in [1.82, 2.24) is 9.78 Å². The highest BCUT2D eigenvalue weighted by atomic mass is 35.5. The summed E-state index contributed by atoms with van der Waals surface area (Å²) in [4.78, 5) is 0. The summed E-state index contributed by atoms with van der Waals surface area (Å²) in [6.07, 6.45) is 0.690. The van der Waals surface area contributed by atoms with Gasteiger partial charge in [-0.05, 0) is 42.3 Å². The second-order valence-corrected chi connectivity index (χ2v) is 5.03. The van der Waals surface area contributed by atoms with Crippen molar-refractivity contribution in [2.45, 2.75) is 13.0 Å². The van der Waals surface area contributed by atoms with Gasteiger partial charge < -0.3 is 5.73 Å². The highest BCUT2D eigenvalue weighted by Gasteiger charge is 2.09. The summed E-state index contributed by atoms with van der Waals surface area (Å²) in [6, 6.07) is 12.1. The lowest BCUT2D eigenvalue weighted by Gasteiger charge is -2.04. The van der Waals surface area contributed by atoms with Crippen LogP contribution in [0.2, 0.25) is 5.15 Å². The number of benzene rings is 2. The summed E-state index contributed by atoms with van der Waals surface area (Å²) < 4.78 is 15.0. The molecule has 0 fully saturated rings. The first kappa shape index (κ1) is 12.9. The number of fused-ring (bicyclic) bond motifs is 1. The normalized spacial score (nSPS) is 11.1. The standard InChI is InChI=1S/C15H13ClFN3/c16-15-13-9-12(18)4-5-14(13)20(19-15)7-6-10-2-1-3-11(17)8-10/h1-5,8-9H,6-7,18H2. The zero-order valence-electron chi connectivity index (χ0n) is 10.7. The Bertz CT molecular complexity index is 767. The summed E-state index contributed by atoms with van der Waals surface area (Å²) in [7, 11) is 0. The highest BCUT2D eigenvalue weighted by molar-refractivity contribution is 6.34. The molecule has 0 aliphatic heterocycles. The third-order valence-corrected chi connectivity index (χ3v) is 3.51. The summed E-state index contributed by atoms with van der Waals surface area (Å²) in [5.74, 6) is -0.223. The van der Waals surface area contributed by atoms with Crippen LogP contribution in [0.15, 0.2) is 42.5 Å². The van der Waals surface area contributed by atoms with E-state index < -0.39 is 0 Å². The van der Waals surface area contributed by atoms with Gasteiger partial charge in [-0.3, -0.25) is 4.68 Å². The molecule has 3 rings (SSSR count). The van der Waals surface area contributed by atoms with Crippen LogP contribution >= 0.6 is 11.6 Å². The molecule has 5 heteroatoms. The average molecular weight is 290 g/mol.